The Morgan fingerprint density at radius 2 is 2.31 bits per heavy atom. The summed E-state index contributed by atoms with van der Waals surface area (Å²) in [6.45, 7) is 5.49. The Kier molecular flexibility index (Phi) is 4.05. The normalized spacial score (nSPS) is 25.9. The molecule has 0 N–H and O–H groups in total. The average Bonchev–Trinajstić information content (AvgIpc) is 2.41. The van der Waals surface area contributed by atoms with Gasteiger partial charge in [-0.3, -0.25) is 0 Å². The molecule has 13 heavy (non-hydrogen) atoms. The SMILES string of the molecule is CSC(=S)OCC1CCC(C)(C)C1. The van der Waals surface area contributed by atoms with Crippen molar-refractivity contribution in [3.63, 3.8) is 0 Å². The molecule has 0 radical (unpaired) electrons. The first-order valence-electron chi connectivity index (χ1n) is 4.74. The third-order valence-corrected chi connectivity index (χ3v) is 3.74. The van der Waals surface area contributed by atoms with E-state index in [0.29, 0.717) is 9.80 Å². The molecule has 76 valence electrons. The van der Waals surface area contributed by atoms with E-state index in [0.717, 1.165) is 12.5 Å². The van der Waals surface area contributed by atoms with Crippen molar-refractivity contribution in [3.05, 3.63) is 0 Å². The summed E-state index contributed by atoms with van der Waals surface area (Å²) in [4.78, 5) is 0. The zero-order chi connectivity index (χ0) is 9.90. The first kappa shape index (κ1) is 11.3. The van der Waals surface area contributed by atoms with Gasteiger partial charge in [0.2, 0.25) is 4.38 Å². The van der Waals surface area contributed by atoms with E-state index in [1.54, 1.807) is 0 Å². The molecular formula is C10H18OS2. The van der Waals surface area contributed by atoms with Crippen molar-refractivity contribution < 1.29 is 4.74 Å². The maximum atomic E-state index is 5.46. The van der Waals surface area contributed by atoms with Crippen LogP contribution in [0.2, 0.25) is 0 Å². The summed E-state index contributed by atoms with van der Waals surface area (Å²) < 4.78 is 6.15. The minimum atomic E-state index is 0.523. The van der Waals surface area contributed by atoms with E-state index in [2.05, 4.69) is 13.8 Å². The Hall–Kier alpha value is 0.240. The molecule has 1 aliphatic carbocycles. The second-order valence-corrected chi connectivity index (χ2v) is 5.95. The quantitative estimate of drug-likeness (QED) is 0.657. The Morgan fingerprint density at radius 3 is 2.77 bits per heavy atom. The highest BCUT2D eigenvalue weighted by Crippen LogP contribution is 2.40. The van der Waals surface area contributed by atoms with Gasteiger partial charge in [0.25, 0.3) is 0 Å². The highest BCUT2D eigenvalue weighted by atomic mass is 32.2. The highest BCUT2D eigenvalue weighted by Gasteiger charge is 2.31. The predicted molar refractivity (Wildman–Crippen MR) is 63.2 cm³/mol. The number of rotatable bonds is 2. The van der Waals surface area contributed by atoms with E-state index in [4.69, 9.17) is 17.0 Å². The van der Waals surface area contributed by atoms with Gasteiger partial charge in [-0.05, 0) is 49.1 Å². The first-order chi connectivity index (χ1) is 6.03. The number of thiocarbonyl (C=S) groups is 1. The molecule has 1 nitrogen and oxygen atoms in total. The zero-order valence-corrected chi connectivity index (χ0v) is 10.3. The summed E-state index contributed by atoms with van der Waals surface area (Å²) in [5.41, 5.74) is 0.523. The van der Waals surface area contributed by atoms with Gasteiger partial charge >= 0.3 is 0 Å². The van der Waals surface area contributed by atoms with E-state index in [-0.39, 0.29) is 0 Å². The molecule has 1 aliphatic rings. The molecule has 3 heteroatoms. The smallest absolute Gasteiger partial charge is 0.219 e. The molecule has 0 aromatic heterocycles. The Morgan fingerprint density at radius 1 is 1.62 bits per heavy atom. The standard InChI is InChI=1S/C10H18OS2/c1-10(2)5-4-8(6-10)7-11-9(12)13-3/h8H,4-7H2,1-3H3. The molecular weight excluding hydrogens is 200 g/mol. The number of hydrogen-bond donors (Lipinski definition) is 0. The fraction of sp³-hybridized carbons (Fsp3) is 0.900. The monoisotopic (exact) mass is 218 g/mol. The van der Waals surface area contributed by atoms with E-state index in [1.165, 1.54) is 31.0 Å². The minimum Gasteiger partial charge on any atom is -0.478 e. The zero-order valence-electron chi connectivity index (χ0n) is 8.63. The molecule has 0 amide bonds. The Balaban J connectivity index is 2.21. The molecule has 0 heterocycles. The molecule has 1 fully saturated rings. The van der Waals surface area contributed by atoms with Gasteiger partial charge in [-0.1, -0.05) is 25.6 Å². The van der Waals surface area contributed by atoms with Gasteiger partial charge in [-0.15, -0.1) is 0 Å². The minimum absolute atomic E-state index is 0.523. The number of ether oxygens (including phenoxy) is 1. The van der Waals surface area contributed by atoms with Gasteiger partial charge in [-0.2, -0.15) is 0 Å². The van der Waals surface area contributed by atoms with Gasteiger partial charge in [0.1, 0.15) is 0 Å². The lowest BCUT2D eigenvalue weighted by atomic mass is 9.91. The van der Waals surface area contributed by atoms with Crippen LogP contribution in [-0.4, -0.2) is 17.2 Å². The van der Waals surface area contributed by atoms with E-state index in [1.807, 2.05) is 6.26 Å². The molecule has 0 aromatic rings. The summed E-state index contributed by atoms with van der Waals surface area (Å²) in [5, 5.41) is 0. The van der Waals surface area contributed by atoms with Crippen molar-refractivity contribution in [2.24, 2.45) is 11.3 Å². The van der Waals surface area contributed by atoms with Crippen LogP contribution in [0.3, 0.4) is 0 Å². The van der Waals surface area contributed by atoms with E-state index in [9.17, 15) is 0 Å². The van der Waals surface area contributed by atoms with Crippen molar-refractivity contribution in [1.82, 2.24) is 0 Å². The highest BCUT2D eigenvalue weighted by molar-refractivity contribution is 8.22. The molecule has 1 atom stereocenters. The largest absolute Gasteiger partial charge is 0.478 e. The van der Waals surface area contributed by atoms with Gasteiger partial charge in [-0.25, -0.2) is 0 Å². The second-order valence-electron chi connectivity index (χ2n) is 4.54. The molecule has 1 unspecified atom stereocenters. The average molecular weight is 218 g/mol. The Labute approximate surface area is 90.6 Å². The fourth-order valence-corrected chi connectivity index (χ4v) is 2.22. The molecule has 0 aromatic carbocycles. The second kappa shape index (κ2) is 4.65. The summed E-state index contributed by atoms with van der Waals surface area (Å²) in [6.07, 6.45) is 5.86. The molecule has 0 spiro atoms. The maximum Gasteiger partial charge on any atom is 0.219 e. The third kappa shape index (κ3) is 3.86. The van der Waals surface area contributed by atoms with Crippen LogP contribution in [0.4, 0.5) is 0 Å². The van der Waals surface area contributed by atoms with Crippen LogP contribution in [-0.2, 0) is 4.74 Å². The van der Waals surface area contributed by atoms with Crippen molar-refractivity contribution >= 4 is 28.4 Å². The fourth-order valence-electron chi connectivity index (χ4n) is 1.97. The lowest BCUT2D eigenvalue weighted by Crippen LogP contribution is -2.11. The van der Waals surface area contributed by atoms with Gasteiger partial charge in [0, 0.05) is 0 Å². The first-order valence-corrected chi connectivity index (χ1v) is 6.37. The van der Waals surface area contributed by atoms with E-state index >= 15 is 0 Å². The van der Waals surface area contributed by atoms with Crippen LogP contribution >= 0.6 is 24.0 Å². The van der Waals surface area contributed by atoms with Gasteiger partial charge in [0.05, 0.1) is 6.61 Å². The van der Waals surface area contributed by atoms with E-state index < -0.39 is 0 Å². The van der Waals surface area contributed by atoms with Crippen LogP contribution in [0.25, 0.3) is 0 Å². The number of thioether (sulfide) groups is 1. The van der Waals surface area contributed by atoms with Crippen molar-refractivity contribution in [2.45, 2.75) is 33.1 Å². The topological polar surface area (TPSA) is 9.23 Å². The molecule has 1 rings (SSSR count). The van der Waals surface area contributed by atoms with Crippen LogP contribution in [0, 0.1) is 11.3 Å². The summed E-state index contributed by atoms with van der Waals surface area (Å²) in [5.74, 6) is 0.722. The molecule has 1 saturated carbocycles. The van der Waals surface area contributed by atoms with Crippen molar-refractivity contribution in [2.75, 3.05) is 12.9 Å². The summed E-state index contributed by atoms with van der Waals surface area (Å²) >= 11 is 6.51. The predicted octanol–water partition coefficient (Wildman–Crippen LogP) is 3.48. The lowest BCUT2D eigenvalue weighted by molar-refractivity contribution is 0.238. The summed E-state index contributed by atoms with van der Waals surface area (Å²) in [6, 6.07) is 0. The van der Waals surface area contributed by atoms with Crippen molar-refractivity contribution in [3.8, 4) is 0 Å². The molecule has 0 bridgehead atoms. The lowest BCUT2D eigenvalue weighted by Gasteiger charge is -2.17. The maximum absolute atomic E-state index is 5.46. The van der Waals surface area contributed by atoms with Crippen molar-refractivity contribution in [1.29, 1.82) is 0 Å². The third-order valence-electron chi connectivity index (χ3n) is 2.67. The van der Waals surface area contributed by atoms with Crippen LogP contribution in [0.1, 0.15) is 33.1 Å². The Bertz CT molecular complexity index is 189. The van der Waals surface area contributed by atoms with Crippen LogP contribution < -0.4 is 0 Å². The number of hydrogen-bond acceptors (Lipinski definition) is 3. The van der Waals surface area contributed by atoms with Gasteiger partial charge < -0.3 is 4.74 Å². The van der Waals surface area contributed by atoms with Crippen LogP contribution in [0.15, 0.2) is 0 Å². The van der Waals surface area contributed by atoms with Crippen LogP contribution in [0.5, 0.6) is 0 Å². The molecule has 0 saturated heterocycles. The van der Waals surface area contributed by atoms with Gasteiger partial charge in [0.15, 0.2) is 0 Å². The summed E-state index contributed by atoms with van der Waals surface area (Å²) in [7, 11) is 0. The molecule has 0 aliphatic heterocycles.